The number of methoxy groups -OCH3 is 1. The van der Waals surface area contributed by atoms with Crippen LogP contribution >= 0.6 is 0 Å². The molecule has 3 aromatic rings. The molecule has 248 valence electrons. The lowest BCUT2D eigenvalue weighted by Gasteiger charge is -2.30. The monoisotopic (exact) mass is 639 g/mol. The van der Waals surface area contributed by atoms with Crippen molar-refractivity contribution in [1.82, 2.24) is 10.2 Å². The number of likely N-dealkylation sites (tertiary alicyclic amines) is 1. The molecule has 7 nitrogen and oxygen atoms in total. The number of ether oxygens (including phenoxy) is 3. The largest absolute Gasteiger partial charge is 0.493 e. The van der Waals surface area contributed by atoms with Crippen LogP contribution in [-0.4, -0.2) is 50.2 Å². The minimum Gasteiger partial charge on any atom is -0.493 e. The topological polar surface area (TPSA) is 83.8 Å². The van der Waals surface area contributed by atoms with Gasteiger partial charge in [0.1, 0.15) is 17.2 Å². The van der Waals surface area contributed by atoms with Crippen molar-refractivity contribution in [1.29, 1.82) is 5.26 Å². The van der Waals surface area contributed by atoms with Gasteiger partial charge in [-0.25, -0.2) is 4.39 Å². The average Bonchev–Trinajstić information content (AvgIpc) is 3.83. The number of hydrogen-bond acceptors (Lipinski definition) is 6. The molecule has 1 saturated heterocycles. The van der Waals surface area contributed by atoms with Crippen LogP contribution in [0.4, 0.5) is 4.39 Å². The molecule has 2 atom stereocenters. The van der Waals surface area contributed by atoms with Gasteiger partial charge in [0.15, 0.2) is 11.5 Å². The third kappa shape index (κ3) is 7.90. The Kier molecular flexibility index (Phi) is 10.6. The van der Waals surface area contributed by atoms with Crippen LogP contribution in [-0.2, 0) is 16.8 Å². The van der Waals surface area contributed by atoms with Gasteiger partial charge in [0, 0.05) is 31.8 Å². The van der Waals surface area contributed by atoms with Gasteiger partial charge < -0.3 is 24.4 Å². The maximum Gasteiger partial charge on any atom is 0.223 e. The highest BCUT2D eigenvalue weighted by Crippen LogP contribution is 2.45. The molecule has 2 unspecified atom stereocenters. The van der Waals surface area contributed by atoms with Crippen LogP contribution in [0.1, 0.15) is 92.4 Å². The molecule has 47 heavy (non-hydrogen) atoms. The SMILES string of the molecule is COc1ccc(C2CC(=O)N(CCCCCNCCCC3(c4ccc(F)cc4)Cc4ccc(C#N)cc4O3)C2)cc1OC1CCCC1. The van der Waals surface area contributed by atoms with Gasteiger partial charge in [0.05, 0.1) is 24.8 Å². The zero-order valence-electron chi connectivity index (χ0n) is 27.4. The first kappa shape index (κ1) is 32.8. The van der Waals surface area contributed by atoms with E-state index in [0.29, 0.717) is 18.4 Å². The smallest absolute Gasteiger partial charge is 0.223 e. The van der Waals surface area contributed by atoms with Crippen LogP contribution in [0.2, 0.25) is 0 Å². The van der Waals surface area contributed by atoms with Crippen LogP contribution in [0.5, 0.6) is 17.2 Å². The predicted octanol–water partition coefficient (Wildman–Crippen LogP) is 7.41. The number of nitrogens with zero attached hydrogens (tertiary/aromatic N) is 2. The summed E-state index contributed by atoms with van der Waals surface area (Å²) < 4.78 is 32.1. The van der Waals surface area contributed by atoms with Crippen LogP contribution in [0, 0.1) is 17.1 Å². The molecule has 0 spiro atoms. The Bertz CT molecular complexity index is 1570. The average molecular weight is 640 g/mol. The highest BCUT2D eigenvalue weighted by atomic mass is 19.1. The minimum absolute atomic E-state index is 0.184. The van der Waals surface area contributed by atoms with E-state index in [2.05, 4.69) is 23.5 Å². The summed E-state index contributed by atoms with van der Waals surface area (Å²) >= 11 is 0. The highest BCUT2D eigenvalue weighted by molar-refractivity contribution is 5.79. The maximum atomic E-state index is 13.7. The second kappa shape index (κ2) is 15.2. The van der Waals surface area contributed by atoms with Crippen LogP contribution in [0.3, 0.4) is 0 Å². The number of carbonyl (C=O) groups excluding carboxylic acids is 1. The van der Waals surface area contributed by atoms with Gasteiger partial charge in [-0.1, -0.05) is 30.7 Å². The Morgan fingerprint density at radius 1 is 1.00 bits per heavy atom. The van der Waals surface area contributed by atoms with Gasteiger partial charge >= 0.3 is 0 Å². The maximum absolute atomic E-state index is 13.7. The highest BCUT2D eigenvalue weighted by Gasteiger charge is 2.40. The van der Waals surface area contributed by atoms with Gasteiger partial charge in [-0.3, -0.25) is 4.79 Å². The van der Waals surface area contributed by atoms with Gasteiger partial charge in [-0.05, 0) is 118 Å². The fraction of sp³-hybridized carbons (Fsp3) is 0.487. The van der Waals surface area contributed by atoms with E-state index in [0.717, 1.165) is 105 Å². The summed E-state index contributed by atoms with van der Waals surface area (Å²) in [5.74, 6) is 2.46. The lowest BCUT2D eigenvalue weighted by molar-refractivity contribution is -0.127. The zero-order valence-corrected chi connectivity index (χ0v) is 27.4. The molecule has 0 bridgehead atoms. The van der Waals surface area contributed by atoms with E-state index >= 15 is 0 Å². The lowest BCUT2D eigenvalue weighted by atomic mass is 9.85. The van der Waals surface area contributed by atoms with Crippen LogP contribution in [0.15, 0.2) is 60.7 Å². The van der Waals surface area contributed by atoms with Crippen molar-refractivity contribution < 1.29 is 23.4 Å². The molecule has 1 N–H and O–H groups in total. The van der Waals surface area contributed by atoms with Crippen molar-refractivity contribution in [2.24, 2.45) is 0 Å². The van der Waals surface area contributed by atoms with E-state index in [1.54, 1.807) is 13.2 Å². The van der Waals surface area contributed by atoms with Gasteiger partial charge in [-0.15, -0.1) is 0 Å². The molecule has 6 rings (SSSR count). The molecule has 1 aliphatic carbocycles. The number of hydrogen-bond donors (Lipinski definition) is 1. The quantitative estimate of drug-likeness (QED) is 0.174. The summed E-state index contributed by atoms with van der Waals surface area (Å²) in [4.78, 5) is 14.9. The van der Waals surface area contributed by atoms with E-state index in [1.165, 1.54) is 25.0 Å². The Labute approximate surface area is 278 Å². The number of fused-ring (bicyclic) bond motifs is 1. The number of nitrogens with one attached hydrogen (secondary N) is 1. The molecule has 2 heterocycles. The van der Waals surface area contributed by atoms with E-state index in [9.17, 15) is 14.4 Å². The number of carbonyl (C=O) groups is 1. The first-order valence-corrected chi connectivity index (χ1v) is 17.3. The van der Waals surface area contributed by atoms with E-state index in [1.807, 2.05) is 35.2 Å². The van der Waals surface area contributed by atoms with Crippen LogP contribution in [0.25, 0.3) is 0 Å². The summed E-state index contributed by atoms with van der Waals surface area (Å²) in [6, 6.07) is 20.5. The fourth-order valence-corrected chi connectivity index (χ4v) is 7.41. The van der Waals surface area contributed by atoms with E-state index in [-0.39, 0.29) is 23.7 Å². The van der Waals surface area contributed by atoms with E-state index in [4.69, 9.17) is 14.2 Å². The first-order valence-electron chi connectivity index (χ1n) is 17.3. The molecular weight excluding hydrogens is 593 g/mol. The number of rotatable bonds is 15. The van der Waals surface area contributed by atoms with Gasteiger partial charge in [-0.2, -0.15) is 5.26 Å². The number of benzene rings is 3. The van der Waals surface area contributed by atoms with Crippen molar-refractivity contribution in [3.63, 3.8) is 0 Å². The molecule has 2 aliphatic heterocycles. The zero-order chi connectivity index (χ0) is 32.6. The van der Waals surface area contributed by atoms with Gasteiger partial charge in [0.2, 0.25) is 5.91 Å². The number of nitriles is 1. The molecule has 0 aromatic heterocycles. The third-order valence-electron chi connectivity index (χ3n) is 10.0. The second-order valence-corrected chi connectivity index (χ2v) is 13.3. The second-order valence-electron chi connectivity index (χ2n) is 13.3. The molecule has 8 heteroatoms. The summed E-state index contributed by atoms with van der Waals surface area (Å²) in [7, 11) is 1.68. The summed E-state index contributed by atoms with van der Waals surface area (Å²) in [5.41, 5.74) is 3.19. The van der Waals surface area contributed by atoms with Crippen molar-refractivity contribution in [2.45, 2.75) is 88.3 Å². The van der Waals surface area contributed by atoms with Crippen LogP contribution < -0.4 is 19.5 Å². The van der Waals surface area contributed by atoms with Crippen molar-refractivity contribution >= 4 is 5.91 Å². The minimum atomic E-state index is -0.567. The number of unbranched alkanes of at least 4 members (excludes halogenated alkanes) is 2. The lowest BCUT2D eigenvalue weighted by Crippen LogP contribution is -2.32. The summed E-state index contributed by atoms with van der Waals surface area (Å²) in [5, 5.41) is 12.9. The van der Waals surface area contributed by atoms with Crippen molar-refractivity contribution in [2.75, 3.05) is 33.3 Å². The molecule has 3 aromatic carbocycles. The molecule has 3 aliphatic rings. The molecule has 1 amide bonds. The Hall–Kier alpha value is -4.09. The van der Waals surface area contributed by atoms with Crippen molar-refractivity contribution in [3.05, 3.63) is 88.7 Å². The fourth-order valence-electron chi connectivity index (χ4n) is 7.41. The molecule has 2 fully saturated rings. The third-order valence-corrected chi connectivity index (χ3v) is 10.0. The normalized spacial score (nSPS) is 20.7. The predicted molar refractivity (Wildman–Crippen MR) is 179 cm³/mol. The summed E-state index contributed by atoms with van der Waals surface area (Å²) in [6.07, 6.45) is 10.9. The number of halogens is 1. The molecular formula is C39H46FN3O4. The standard InChI is InChI=1S/C39H46FN3O4/c1-45-35-17-12-29(23-37(35)46-34-8-3-4-9-34)31-24-38(44)43(27-31)21-6-2-5-19-42-20-7-18-39(32-13-15-33(40)16-14-32)25-30-11-10-28(26-41)22-36(30)47-39/h10-17,22-23,31,34,42H,2-9,18-21,24-25,27H2,1H3. The molecule has 1 saturated carbocycles. The van der Waals surface area contributed by atoms with Gasteiger partial charge in [0.25, 0.3) is 0 Å². The Morgan fingerprint density at radius 3 is 2.60 bits per heavy atom. The Morgan fingerprint density at radius 2 is 1.81 bits per heavy atom. The molecule has 0 radical (unpaired) electrons. The first-order chi connectivity index (χ1) is 23.0. The van der Waals surface area contributed by atoms with Crippen molar-refractivity contribution in [3.8, 4) is 23.3 Å². The van der Waals surface area contributed by atoms with E-state index < -0.39 is 5.60 Å². The Balaban J connectivity index is 0.913. The number of amides is 1. The summed E-state index contributed by atoms with van der Waals surface area (Å²) in [6.45, 7) is 3.32.